The molecule has 33 heavy (non-hydrogen) atoms. The Balaban J connectivity index is 1.39. The van der Waals surface area contributed by atoms with Crippen molar-refractivity contribution in [2.75, 3.05) is 0 Å². The van der Waals surface area contributed by atoms with E-state index in [2.05, 4.69) is 68.4 Å². The molecule has 1 atom stereocenters. The van der Waals surface area contributed by atoms with Crippen molar-refractivity contribution < 1.29 is 14.3 Å². The van der Waals surface area contributed by atoms with Crippen LogP contribution in [0.25, 0.3) is 32.3 Å². The lowest BCUT2D eigenvalue weighted by Crippen LogP contribution is -2.34. The molecule has 0 N–H and O–H groups in total. The Hall–Kier alpha value is -2.65. The maximum Gasteiger partial charge on any atom is 0.308 e. The van der Waals surface area contributed by atoms with Gasteiger partial charge in [-0.1, -0.05) is 62.4 Å². The van der Waals surface area contributed by atoms with Gasteiger partial charge in [-0.15, -0.1) is 0 Å². The summed E-state index contributed by atoms with van der Waals surface area (Å²) < 4.78 is 12.5. The van der Waals surface area contributed by atoms with E-state index in [1.54, 1.807) is 0 Å². The predicted octanol–water partition coefficient (Wildman–Crippen LogP) is 7.74. The van der Waals surface area contributed by atoms with Crippen LogP contribution in [0.2, 0.25) is 0 Å². The highest BCUT2D eigenvalue weighted by Gasteiger charge is 2.32. The third-order valence-electron chi connectivity index (χ3n) is 7.54. The molecule has 0 heterocycles. The first-order valence-electron chi connectivity index (χ1n) is 12.4. The largest absolute Gasteiger partial charge is 0.462 e. The quantitative estimate of drug-likeness (QED) is 0.226. The van der Waals surface area contributed by atoms with Crippen molar-refractivity contribution in [1.29, 1.82) is 0 Å². The molecule has 3 heteroatoms. The highest BCUT2D eigenvalue weighted by Crippen LogP contribution is 2.42. The molecule has 1 aliphatic carbocycles. The zero-order chi connectivity index (χ0) is 23.2. The van der Waals surface area contributed by atoms with E-state index in [1.807, 2.05) is 13.8 Å². The molecule has 1 saturated carbocycles. The lowest BCUT2D eigenvalue weighted by Gasteiger charge is -2.36. The van der Waals surface area contributed by atoms with Gasteiger partial charge in [-0.25, -0.2) is 0 Å². The zero-order valence-electron chi connectivity index (χ0n) is 20.2. The number of ether oxygens (including phenoxy) is 2. The fraction of sp³-hybridized carbons (Fsp3) is 0.433. The zero-order valence-corrected chi connectivity index (χ0v) is 20.2. The summed E-state index contributed by atoms with van der Waals surface area (Å²) in [6.07, 6.45) is 4.62. The summed E-state index contributed by atoms with van der Waals surface area (Å²) in [5, 5.41) is 7.78. The number of benzene rings is 4. The van der Waals surface area contributed by atoms with Gasteiger partial charge in [0.1, 0.15) is 6.10 Å². The molecule has 0 aromatic heterocycles. The average Bonchev–Trinajstić information content (AvgIpc) is 2.82. The van der Waals surface area contributed by atoms with E-state index in [9.17, 15) is 4.79 Å². The number of hydrogen-bond acceptors (Lipinski definition) is 3. The summed E-state index contributed by atoms with van der Waals surface area (Å²) in [5.74, 6) is -0.0818. The first kappa shape index (κ1) is 22.2. The van der Waals surface area contributed by atoms with Crippen LogP contribution in [0.15, 0.2) is 54.6 Å². The third-order valence-corrected chi connectivity index (χ3v) is 7.54. The van der Waals surface area contributed by atoms with Crippen LogP contribution in [0.4, 0.5) is 0 Å². The molecule has 0 radical (unpaired) electrons. The Kier molecular flexibility index (Phi) is 5.78. The molecule has 4 aromatic carbocycles. The lowest BCUT2D eigenvalue weighted by atomic mass is 9.85. The van der Waals surface area contributed by atoms with Gasteiger partial charge < -0.3 is 9.47 Å². The van der Waals surface area contributed by atoms with Crippen LogP contribution in [0, 0.1) is 5.92 Å². The second-order valence-electron chi connectivity index (χ2n) is 10.2. The van der Waals surface area contributed by atoms with Crippen molar-refractivity contribution in [3.05, 3.63) is 60.2 Å². The van der Waals surface area contributed by atoms with Crippen LogP contribution in [0.5, 0.6) is 0 Å². The van der Waals surface area contributed by atoms with E-state index in [0.717, 1.165) is 32.1 Å². The molecule has 0 bridgehead atoms. The average molecular weight is 443 g/mol. The third kappa shape index (κ3) is 4.08. The van der Waals surface area contributed by atoms with E-state index in [1.165, 1.54) is 37.9 Å². The number of hydrogen-bond donors (Lipinski definition) is 0. The highest BCUT2D eigenvalue weighted by molar-refractivity contribution is 6.23. The molecule has 0 aliphatic heterocycles. The van der Waals surface area contributed by atoms with Crippen molar-refractivity contribution in [3.63, 3.8) is 0 Å². The van der Waals surface area contributed by atoms with Crippen LogP contribution in [0.3, 0.4) is 0 Å². The van der Waals surface area contributed by atoms with Crippen LogP contribution < -0.4 is 0 Å². The number of rotatable bonds is 6. The van der Waals surface area contributed by atoms with E-state index < -0.39 is 5.60 Å². The van der Waals surface area contributed by atoms with Crippen molar-refractivity contribution >= 4 is 38.3 Å². The first-order valence-corrected chi connectivity index (χ1v) is 12.4. The van der Waals surface area contributed by atoms with Gasteiger partial charge in [-0.3, -0.25) is 4.79 Å². The summed E-state index contributed by atoms with van der Waals surface area (Å²) in [7, 11) is 0. The Morgan fingerprint density at radius 2 is 1.52 bits per heavy atom. The topological polar surface area (TPSA) is 35.5 Å². The van der Waals surface area contributed by atoms with Gasteiger partial charge in [0.15, 0.2) is 0 Å². The van der Waals surface area contributed by atoms with Crippen molar-refractivity contribution in [2.45, 2.75) is 77.6 Å². The second kappa shape index (κ2) is 8.61. The summed E-state index contributed by atoms with van der Waals surface area (Å²) in [6, 6.07) is 19.9. The molecule has 1 aliphatic rings. The minimum absolute atomic E-state index is 0.0221. The Morgan fingerprint density at radius 3 is 2.21 bits per heavy atom. The van der Waals surface area contributed by atoms with Crippen molar-refractivity contribution in [2.24, 2.45) is 5.92 Å². The minimum atomic E-state index is -0.422. The smallest absolute Gasteiger partial charge is 0.308 e. The molecule has 1 unspecified atom stereocenters. The van der Waals surface area contributed by atoms with Gasteiger partial charge in [0.2, 0.25) is 0 Å². The van der Waals surface area contributed by atoms with E-state index in [4.69, 9.17) is 9.47 Å². The Labute approximate surface area is 196 Å². The van der Waals surface area contributed by atoms with E-state index in [-0.39, 0.29) is 24.1 Å². The maximum atomic E-state index is 12.2. The van der Waals surface area contributed by atoms with Crippen LogP contribution in [0.1, 0.15) is 65.4 Å². The van der Waals surface area contributed by atoms with Gasteiger partial charge in [0, 0.05) is 0 Å². The lowest BCUT2D eigenvalue weighted by molar-refractivity contribution is -0.159. The molecule has 5 rings (SSSR count). The SMILES string of the molecule is CCC(C)C(=O)OC1CCC(OC(C)(C)c2cc3cccc4ccc5cccc2c5c43)CC1. The maximum absolute atomic E-state index is 12.2. The van der Waals surface area contributed by atoms with Gasteiger partial charge in [0.05, 0.1) is 17.6 Å². The van der Waals surface area contributed by atoms with Gasteiger partial charge in [-0.2, -0.15) is 0 Å². The Morgan fingerprint density at radius 1 is 0.909 bits per heavy atom. The summed E-state index contributed by atoms with van der Waals surface area (Å²) in [6.45, 7) is 8.36. The molecule has 0 spiro atoms. The molecule has 0 saturated heterocycles. The van der Waals surface area contributed by atoms with Crippen LogP contribution >= 0.6 is 0 Å². The number of carbonyl (C=O) groups is 1. The van der Waals surface area contributed by atoms with Gasteiger partial charge >= 0.3 is 5.97 Å². The van der Waals surface area contributed by atoms with Crippen LogP contribution in [-0.2, 0) is 19.9 Å². The number of esters is 1. The summed E-state index contributed by atoms with van der Waals surface area (Å²) in [4.78, 5) is 12.2. The minimum Gasteiger partial charge on any atom is -0.462 e. The summed E-state index contributed by atoms with van der Waals surface area (Å²) in [5.41, 5.74) is 0.819. The molecule has 3 nitrogen and oxygen atoms in total. The molecule has 1 fully saturated rings. The van der Waals surface area contributed by atoms with Crippen molar-refractivity contribution in [1.82, 2.24) is 0 Å². The van der Waals surface area contributed by atoms with E-state index >= 15 is 0 Å². The van der Waals surface area contributed by atoms with Crippen LogP contribution in [-0.4, -0.2) is 18.2 Å². The normalized spacial score (nSPS) is 20.5. The van der Waals surface area contributed by atoms with Crippen molar-refractivity contribution in [3.8, 4) is 0 Å². The number of carbonyl (C=O) groups excluding carboxylic acids is 1. The molecular weight excluding hydrogens is 408 g/mol. The fourth-order valence-electron chi connectivity index (χ4n) is 5.46. The predicted molar refractivity (Wildman–Crippen MR) is 136 cm³/mol. The first-order chi connectivity index (χ1) is 15.9. The second-order valence-corrected chi connectivity index (χ2v) is 10.2. The molecule has 172 valence electrons. The Bertz CT molecular complexity index is 1280. The van der Waals surface area contributed by atoms with Gasteiger partial charge in [-0.05, 0) is 89.9 Å². The fourth-order valence-corrected chi connectivity index (χ4v) is 5.46. The monoisotopic (exact) mass is 442 g/mol. The van der Waals surface area contributed by atoms with Gasteiger partial charge in [0.25, 0.3) is 0 Å². The van der Waals surface area contributed by atoms with E-state index in [0.29, 0.717) is 0 Å². The molecule has 0 amide bonds. The standard InChI is InChI=1S/C30H34O3/c1-5-19(2)29(31)32-23-14-16-24(17-15-23)33-30(3,4)26-18-22-10-6-8-20-12-13-21-9-7-11-25(26)28(21)27(20)22/h6-13,18-19,23-24H,5,14-17H2,1-4H3. The summed E-state index contributed by atoms with van der Waals surface area (Å²) >= 11 is 0. The molecule has 4 aromatic rings. The molecular formula is C30H34O3. The highest BCUT2D eigenvalue weighted by atomic mass is 16.5.